The standard InChI is InChI=1S/C24H19F3N2O2S/c25-24(26,27)17-7-5-8-18(14-17)28-23(31)19-9-2-4-11-21(19)32-15-22(30)29-13-12-16-6-1-3-10-20(16)29/h1-11,14H,12-13,15H2,(H,28,31). The van der Waals surface area contributed by atoms with Crippen LogP contribution in [0.15, 0.2) is 77.7 Å². The first-order valence-electron chi connectivity index (χ1n) is 9.91. The van der Waals surface area contributed by atoms with Crippen LogP contribution in [0.3, 0.4) is 0 Å². The zero-order valence-electron chi connectivity index (χ0n) is 16.9. The van der Waals surface area contributed by atoms with Crippen LogP contribution in [0.1, 0.15) is 21.5 Å². The number of thioether (sulfide) groups is 1. The maximum atomic E-state index is 12.9. The summed E-state index contributed by atoms with van der Waals surface area (Å²) in [4.78, 5) is 27.9. The molecule has 0 aliphatic carbocycles. The molecule has 32 heavy (non-hydrogen) atoms. The summed E-state index contributed by atoms with van der Waals surface area (Å²) in [6, 6.07) is 19.0. The second-order valence-electron chi connectivity index (χ2n) is 7.24. The smallest absolute Gasteiger partial charge is 0.322 e. The van der Waals surface area contributed by atoms with E-state index in [9.17, 15) is 22.8 Å². The van der Waals surface area contributed by atoms with Gasteiger partial charge in [-0.2, -0.15) is 13.2 Å². The molecule has 0 saturated heterocycles. The van der Waals surface area contributed by atoms with Gasteiger partial charge in [-0.15, -0.1) is 11.8 Å². The molecular formula is C24H19F3N2O2S. The van der Waals surface area contributed by atoms with Gasteiger partial charge in [-0.25, -0.2) is 0 Å². The molecule has 0 fully saturated rings. The van der Waals surface area contributed by atoms with E-state index in [1.165, 1.54) is 23.9 Å². The van der Waals surface area contributed by atoms with Crippen LogP contribution in [-0.4, -0.2) is 24.1 Å². The molecule has 8 heteroatoms. The Kier molecular flexibility index (Phi) is 6.23. The van der Waals surface area contributed by atoms with Gasteiger partial charge in [-0.3, -0.25) is 9.59 Å². The number of para-hydroxylation sites is 1. The fourth-order valence-electron chi connectivity index (χ4n) is 3.57. The number of halogens is 3. The van der Waals surface area contributed by atoms with E-state index in [4.69, 9.17) is 0 Å². The topological polar surface area (TPSA) is 49.4 Å². The minimum atomic E-state index is -4.50. The van der Waals surface area contributed by atoms with E-state index in [1.807, 2.05) is 24.3 Å². The van der Waals surface area contributed by atoms with E-state index in [1.54, 1.807) is 29.2 Å². The van der Waals surface area contributed by atoms with Crippen LogP contribution < -0.4 is 10.2 Å². The first-order chi connectivity index (χ1) is 15.3. The lowest BCUT2D eigenvalue weighted by atomic mass is 10.1. The van der Waals surface area contributed by atoms with E-state index < -0.39 is 17.6 Å². The molecule has 0 spiro atoms. The van der Waals surface area contributed by atoms with E-state index in [0.717, 1.165) is 29.8 Å². The van der Waals surface area contributed by atoms with Crippen molar-refractivity contribution in [3.8, 4) is 0 Å². The predicted octanol–water partition coefficient (Wildman–Crippen LogP) is 5.64. The summed E-state index contributed by atoms with van der Waals surface area (Å²) in [7, 11) is 0. The fraction of sp³-hybridized carbons (Fsp3) is 0.167. The minimum absolute atomic E-state index is 0.0504. The molecule has 1 heterocycles. The number of hydrogen-bond acceptors (Lipinski definition) is 3. The minimum Gasteiger partial charge on any atom is -0.322 e. The van der Waals surface area contributed by atoms with Crippen molar-refractivity contribution < 1.29 is 22.8 Å². The SMILES string of the molecule is O=C(Nc1cccc(C(F)(F)F)c1)c1ccccc1SCC(=O)N1CCc2ccccc21. The van der Waals surface area contributed by atoms with Gasteiger partial charge in [0.25, 0.3) is 5.91 Å². The number of carbonyl (C=O) groups excluding carboxylic acids is 2. The van der Waals surface area contributed by atoms with Crippen LogP contribution in [0.5, 0.6) is 0 Å². The molecule has 3 aromatic rings. The Morgan fingerprint density at radius 1 is 0.969 bits per heavy atom. The molecule has 0 atom stereocenters. The third kappa shape index (κ3) is 4.80. The molecule has 0 radical (unpaired) electrons. The quantitative estimate of drug-likeness (QED) is 0.506. The third-order valence-corrected chi connectivity index (χ3v) is 6.18. The Hall–Kier alpha value is -3.26. The highest BCUT2D eigenvalue weighted by Crippen LogP contribution is 2.32. The Morgan fingerprint density at radius 2 is 1.72 bits per heavy atom. The van der Waals surface area contributed by atoms with E-state index >= 15 is 0 Å². The van der Waals surface area contributed by atoms with E-state index in [-0.39, 0.29) is 17.3 Å². The molecular weight excluding hydrogens is 437 g/mol. The number of benzene rings is 3. The molecule has 0 saturated carbocycles. The number of anilines is 2. The summed E-state index contributed by atoms with van der Waals surface area (Å²) >= 11 is 1.23. The van der Waals surface area contributed by atoms with Crippen LogP contribution >= 0.6 is 11.8 Å². The van der Waals surface area contributed by atoms with Crippen molar-refractivity contribution >= 4 is 35.0 Å². The fourth-order valence-corrected chi connectivity index (χ4v) is 4.49. The van der Waals surface area contributed by atoms with Crippen molar-refractivity contribution in [3.63, 3.8) is 0 Å². The molecule has 1 aliphatic rings. The Bertz CT molecular complexity index is 1160. The van der Waals surface area contributed by atoms with Crippen molar-refractivity contribution in [2.24, 2.45) is 0 Å². The summed E-state index contributed by atoms with van der Waals surface area (Å²) in [5.74, 6) is -0.457. The highest BCUT2D eigenvalue weighted by atomic mass is 32.2. The summed E-state index contributed by atoms with van der Waals surface area (Å²) in [6.07, 6.45) is -3.69. The zero-order valence-corrected chi connectivity index (χ0v) is 17.7. The molecule has 0 unspecified atom stereocenters. The van der Waals surface area contributed by atoms with Crippen LogP contribution in [0.2, 0.25) is 0 Å². The predicted molar refractivity (Wildman–Crippen MR) is 119 cm³/mol. The van der Waals surface area contributed by atoms with Gasteiger partial charge in [0.2, 0.25) is 5.91 Å². The molecule has 0 bridgehead atoms. The Balaban J connectivity index is 1.45. The van der Waals surface area contributed by atoms with Crippen LogP contribution in [0.4, 0.5) is 24.5 Å². The first-order valence-corrected chi connectivity index (χ1v) is 10.9. The molecule has 2 amide bonds. The lowest BCUT2D eigenvalue weighted by Gasteiger charge is -2.17. The van der Waals surface area contributed by atoms with Gasteiger partial charge in [0.1, 0.15) is 0 Å². The van der Waals surface area contributed by atoms with Gasteiger partial charge in [-0.1, -0.05) is 36.4 Å². The average molecular weight is 456 g/mol. The second kappa shape index (κ2) is 9.08. The summed E-state index contributed by atoms with van der Waals surface area (Å²) < 4.78 is 38.8. The highest BCUT2D eigenvalue weighted by Gasteiger charge is 2.30. The lowest BCUT2D eigenvalue weighted by Crippen LogP contribution is -2.30. The number of rotatable bonds is 5. The maximum absolute atomic E-state index is 12.9. The summed E-state index contributed by atoms with van der Waals surface area (Å²) in [5.41, 5.74) is 1.55. The van der Waals surface area contributed by atoms with Gasteiger partial charge < -0.3 is 10.2 Å². The number of alkyl halides is 3. The van der Waals surface area contributed by atoms with Gasteiger partial charge >= 0.3 is 6.18 Å². The monoisotopic (exact) mass is 456 g/mol. The molecule has 3 aromatic carbocycles. The van der Waals surface area contributed by atoms with Crippen molar-refractivity contribution in [2.75, 3.05) is 22.5 Å². The van der Waals surface area contributed by atoms with Gasteiger partial charge in [0.15, 0.2) is 0 Å². The van der Waals surface area contributed by atoms with Crippen molar-refractivity contribution in [2.45, 2.75) is 17.5 Å². The average Bonchev–Trinajstić information content (AvgIpc) is 3.21. The largest absolute Gasteiger partial charge is 0.416 e. The molecule has 4 nitrogen and oxygen atoms in total. The molecule has 1 aliphatic heterocycles. The lowest BCUT2D eigenvalue weighted by molar-refractivity contribution is -0.137. The van der Waals surface area contributed by atoms with Crippen molar-refractivity contribution in [3.05, 3.63) is 89.5 Å². The Labute approximate surface area is 187 Å². The third-order valence-electron chi connectivity index (χ3n) is 5.12. The normalized spacial score (nSPS) is 13.0. The summed E-state index contributed by atoms with van der Waals surface area (Å²) in [5, 5.41) is 2.52. The number of nitrogens with one attached hydrogen (secondary N) is 1. The van der Waals surface area contributed by atoms with Crippen LogP contribution in [-0.2, 0) is 17.4 Å². The molecule has 0 aromatic heterocycles. The number of carbonyl (C=O) groups is 2. The van der Waals surface area contributed by atoms with E-state index in [0.29, 0.717) is 17.0 Å². The van der Waals surface area contributed by atoms with Gasteiger partial charge in [-0.05, 0) is 48.4 Å². The zero-order chi connectivity index (χ0) is 22.7. The van der Waals surface area contributed by atoms with Crippen molar-refractivity contribution in [1.29, 1.82) is 0 Å². The van der Waals surface area contributed by atoms with Crippen molar-refractivity contribution in [1.82, 2.24) is 0 Å². The first kappa shape index (κ1) is 22.0. The number of hydrogen-bond donors (Lipinski definition) is 1. The number of nitrogens with zero attached hydrogens (tertiary/aromatic N) is 1. The highest BCUT2D eigenvalue weighted by molar-refractivity contribution is 8.00. The van der Waals surface area contributed by atoms with Crippen LogP contribution in [0, 0.1) is 0 Å². The number of fused-ring (bicyclic) bond motifs is 1. The Morgan fingerprint density at radius 3 is 2.53 bits per heavy atom. The van der Waals surface area contributed by atoms with Gasteiger partial charge in [0, 0.05) is 22.8 Å². The van der Waals surface area contributed by atoms with Crippen LogP contribution in [0.25, 0.3) is 0 Å². The maximum Gasteiger partial charge on any atom is 0.416 e. The van der Waals surface area contributed by atoms with E-state index in [2.05, 4.69) is 5.32 Å². The molecule has 4 rings (SSSR count). The number of amides is 2. The summed E-state index contributed by atoms with van der Waals surface area (Å²) in [6.45, 7) is 0.621. The molecule has 164 valence electrons. The second-order valence-corrected chi connectivity index (χ2v) is 8.26. The van der Waals surface area contributed by atoms with Gasteiger partial charge in [0.05, 0.1) is 16.9 Å². The molecule has 1 N–H and O–H groups in total.